The SMILES string of the molecule is C1COC2(CCC3CCc4nnc(C56CC7CC(CC(C7)C5)C6)n4C3C2)O1. The lowest BCUT2D eigenvalue weighted by atomic mass is 9.49. The van der Waals surface area contributed by atoms with E-state index >= 15 is 0 Å². The third-order valence-electron chi connectivity index (χ3n) is 9.12. The zero-order valence-corrected chi connectivity index (χ0v) is 16.2. The maximum Gasteiger partial charge on any atom is 0.170 e. The molecule has 0 N–H and O–H groups in total. The minimum absolute atomic E-state index is 0.321. The van der Waals surface area contributed by atoms with Gasteiger partial charge in [0.25, 0.3) is 0 Å². The summed E-state index contributed by atoms with van der Waals surface area (Å²) in [6, 6.07) is 0.485. The molecular weight excluding hydrogens is 338 g/mol. The van der Waals surface area contributed by atoms with E-state index in [1.165, 1.54) is 63.0 Å². The van der Waals surface area contributed by atoms with Gasteiger partial charge in [0.2, 0.25) is 0 Å². The van der Waals surface area contributed by atoms with Crippen LogP contribution in [0.5, 0.6) is 0 Å². The molecule has 5 heteroatoms. The lowest BCUT2D eigenvalue weighted by molar-refractivity contribution is -0.194. The van der Waals surface area contributed by atoms with E-state index in [0.717, 1.165) is 56.1 Å². The molecule has 146 valence electrons. The first-order chi connectivity index (χ1) is 13.2. The highest BCUT2D eigenvalue weighted by atomic mass is 16.7. The van der Waals surface area contributed by atoms with Gasteiger partial charge in [0, 0.05) is 30.7 Å². The number of ether oxygens (including phenoxy) is 2. The minimum atomic E-state index is -0.321. The molecule has 8 rings (SSSR count). The smallest absolute Gasteiger partial charge is 0.170 e. The van der Waals surface area contributed by atoms with E-state index in [1.807, 2.05) is 0 Å². The molecule has 1 spiro atoms. The topological polar surface area (TPSA) is 49.2 Å². The van der Waals surface area contributed by atoms with Crippen LogP contribution in [0.25, 0.3) is 0 Å². The Hall–Kier alpha value is -0.940. The van der Waals surface area contributed by atoms with Gasteiger partial charge in [-0.25, -0.2) is 0 Å². The van der Waals surface area contributed by atoms with Crippen LogP contribution in [0.2, 0.25) is 0 Å². The van der Waals surface area contributed by atoms with Crippen LogP contribution in [0.4, 0.5) is 0 Å². The number of hydrogen-bond acceptors (Lipinski definition) is 4. The fourth-order valence-corrected chi connectivity index (χ4v) is 8.49. The molecule has 2 atom stereocenters. The summed E-state index contributed by atoms with van der Waals surface area (Å²) < 4.78 is 14.9. The first-order valence-electron chi connectivity index (χ1n) is 11.4. The Morgan fingerprint density at radius 3 is 2.26 bits per heavy atom. The van der Waals surface area contributed by atoms with Crippen molar-refractivity contribution in [1.82, 2.24) is 14.8 Å². The molecule has 3 heterocycles. The predicted molar refractivity (Wildman–Crippen MR) is 99.2 cm³/mol. The average Bonchev–Trinajstić information content (AvgIpc) is 3.28. The number of rotatable bonds is 1. The van der Waals surface area contributed by atoms with Crippen molar-refractivity contribution >= 4 is 0 Å². The van der Waals surface area contributed by atoms with Gasteiger partial charge in [0.05, 0.1) is 13.2 Å². The molecule has 1 aromatic rings. The van der Waals surface area contributed by atoms with Crippen LogP contribution in [0.15, 0.2) is 0 Å². The van der Waals surface area contributed by atoms with Crippen LogP contribution < -0.4 is 0 Å². The van der Waals surface area contributed by atoms with Crippen molar-refractivity contribution in [2.45, 2.75) is 87.9 Å². The summed E-state index contributed by atoms with van der Waals surface area (Å²) in [4.78, 5) is 0. The van der Waals surface area contributed by atoms with Crippen molar-refractivity contribution < 1.29 is 9.47 Å². The summed E-state index contributed by atoms with van der Waals surface area (Å²) in [6.45, 7) is 1.52. The lowest BCUT2D eigenvalue weighted by Crippen LogP contribution is -2.51. The Bertz CT molecular complexity index is 730. The standard InChI is InChI=1S/C22H31N3O2/c1-2-19-23-24-20(21-10-14-7-15(11-21)9-16(8-14)12-21)25(19)18-13-22(4-3-17(1)18)26-5-6-27-22/h14-18H,1-13H2. The number of aryl methyl sites for hydroxylation is 1. The van der Waals surface area contributed by atoms with Gasteiger partial charge in [-0.05, 0) is 75.0 Å². The van der Waals surface area contributed by atoms with Crippen LogP contribution >= 0.6 is 0 Å². The van der Waals surface area contributed by atoms with E-state index in [-0.39, 0.29) is 5.79 Å². The second-order valence-corrected chi connectivity index (χ2v) is 10.7. The van der Waals surface area contributed by atoms with E-state index < -0.39 is 0 Å². The molecule has 6 fully saturated rings. The Labute approximate surface area is 161 Å². The molecule has 2 aliphatic heterocycles. The second kappa shape index (κ2) is 5.35. The van der Waals surface area contributed by atoms with Gasteiger partial charge < -0.3 is 14.0 Å². The highest BCUT2D eigenvalue weighted by Crippen LogP contribution is 2.61. The van der Waals surface area contributed by atoms with Crippen LogP contribution in [0.1, 0.15) is 81.9 Å². The van der Waals surface area contributed by atoms with Gasteiger partial charge in [0.1, 0.15) is 11.6 Å². The molecule has 4 bridgehead atoms. The van der Waals surface area contributed by atoms with Gasteiger partial charge >= 0.3 is 0 Å². The molecule has 0 aromatic carbocycles. The normalized spacial score (nSPS) is 46.6. The fraction of sp³-hybridized carbons (Fsp3) is 0.909. The largest absolute Gasteiger partial charge is 0.347 e. The summed E-state index contributed by atoms with van der Waals surface area (Å²) in [5.74, 6) is 5.88. The van der Waals surface area contributed by atoms with Gasteiger partial charge in [-0.15, -0.1) is 10.2 Å². The van der Waals surface area contributed by atoms with E-state index in [1.54, 1.807) is 0 Å². The minimum Gasteiger partial charge on any atom is -0.347 e. The summed E-state index contributed by atoms with van der Waals surface area (Å²) in [5, 5.41) is 9.68. The molecule has 5 nitrogen and oxygen atoms in total. The van der Waals surface area contributed by atoms with Gasteiger partial charge in [-0.3, -0.25) is 0 Å². The highest BCUT2D eigenvalue weighted by Gasteiger charge is 2.56. The number of aromatic nitrogens is 3. The Balaban J connectivity index is 1.30. The average molecular weight is 370 g/mol. The molecule has 0 radical (unpaired) electrons. The van der Waals surface area contributed by atoms with Gasteiger partial charge in [-0.1, -0.05) is 0 Å². The van der Waals surface area contributed by atoms with E-state index in [4.69, 9.17) is 19.7 Å². The van der Waals surface area contributed by atoms with Crippen molar-refractivity contribution in [2.75, 3.05) is 13.2 Å². The number of fused-ring (bicyclic) bond motifs is 3. The highest BCUT2D eigenvalue weighted by molar-refractivity contribution is 5.21. The van der Waals surface area contributed by atoms with Crippen molar-refractivity contribution in [3.05, 3.63) is 11.6 Å². The van der Waals surface area contributed by atoms with E-state index in [9.17, 15) is 0 Å². The molecule has 5 aliphatic carbocycles. The maximum atomic E-state index is 6.13. The summed E-state index contributed by atoms with van der Waals surface area (Å²) >= 11 is 0. The zero-order chi connectivity index (χ0) is 17.6. The van der Waals surface area contributed by atoms with Crippen LogP contribution in [-0.2, 0) is 21.3 Å². The molecular formula is C22H31N3O2. The van der Waals surface area contributed by atoms with Crippen LogP contribution in [0.3, 0.4) is 0 Å². The number of hydrogen-bond donors (Lipinski definition) is 0. The van der Waals surface area contributed by atoms with E-state index in [2.05, 4.69) is 4.57 Å². The van der Waals surface area contributed by atoms with Crippen LogP contribution in [-0.4, -0.2) is 33.8 Å². The summed E-state index contributed by atoms with van der Waals surface area (Å²) in [6.07, 6.45) is 14.2. The molecule has 1 saturated heterocycles. The molecule has 0 amide bonds. The molecule has 7 aliphatic rings. The molecule has 1 aromatic heterocycles. The first kappa shape index (κ1) is 15.9. The third kappa shape index (κ3) is 2.19. The molecule has 2 unspecified atom stereocenters. The monoisotopic (exact) mass is 369 g/mol. The predicted octanol–water partition coefficient (Wildman–Crippen LogP) is 3.78. The molecule has 27 heavy (non-hydrogen) atoms. The summed E-state index contributed by atoms with van der Waals surface area (Å²) in [5.41, 5.74) is 0.323. The van der Waals surface area contributed by atoms with Crippen molar-refractivity contribution in [2.24, 2.45) is 23.7 Å². The van der Waals surface area contributed by atoms with Gasteiger partial charge in [-0.2, -0.15) is 0 Å². The van der Waals surface area contributed by atoms with Crippen molar-refractivity contribution in [1.29, 1.82) is 0 Å². The molecule has 5 saturated carbocycles. The number of nitrogens with zero attached hydrogens (tertiary/aromatic N) is 3. The fourth-order valence-electron chi connectivity index (χ4n) is 8.49. The van der Waals surface area contributed by atoms with Crippen LogP contribution in [0, 0.1) is 23.7 Å². The maximum absolute atomic E-state index is 6.13. The van der Waals surface area contributed by atoms with Crippen molar-refractivity contribution in [3.8, 4) is 0 Å². The summed E-state index contributed by atoms with van der Waals surface area (Å²) in [7, 11) is 0. The first-order valence-corrected chi connectivity index (χ1v) is 11.4. The quantitative estimate of drug-likeness (QED) is 0.756. The van der Waals surface area contributed by atoms with E-state index in [0.29, 0.717) is 11.5 Å². The Kier molecular flexibility index (Phi) is 3.16. The Morgan fingerprint density at radius 2 is 1.56 bits per heavy atom. The van der Waals surface area contributed by atoms with Gasteiger partial charge in [0.15, 0.2) is 5.79 Å². The zero-order valence-electron chi connectivity index (χ0n) is 16.2. The lowest BCUT2D eigenvalue weighted by Gasteiger charge is -2.56. The van der Waals surface area contributed by atoms with Crippen molar-refractivity contribution in [3.63, 3.8) is 0 Å². The Morgan fingerprint density at radius 1 is 0.852 bits per heavy atom. The second-order valence-electron chi connectivity index (χ2n) is 10.7. The third-order valence-corrected chi connectivity index (χ3v) is 9.12.